The van der Waals surface area contributed by atoms with Gasteiger partial charge in [-0.25, -0.2) is 9.97 Å². The Labute approximate surface area is 178 Å². The van der Waals surface area contributed by atoms with Crippen LogP contribution in [0, 0.1) is 19.8 Å². The van der Waals surface area contributed by atoms with E-state index in [1.807, 2.05) is 24.1 Å². The first kappa shape index (κ1) is 19.6. The van der Waals surface area contributed by atoms with Gasteiger partial charge in [0, 0.05) is 35.8 Å². The van der Waals surface area contributed by atoms with E-state index < -0.39 is 0 Å². The van der Waals surface area contributed by atoms with Crippen LogP contribution in [0.5, 0.6) is 0 Å². The van der Waals surface area contributed by atoms with Crippen LogP contribution < -0.4 is 4.90 Å². The molecule has 0 radical (unpaired) electrons. The molecule has 0 bridgehead atoms. The van der Waals surface area contributed by atoms with Crippen molar-refractivity contribution in [1.82, 2.24) is 14.9 Å². The highest BCUT2D eigenvalue weighted by atomic mass is 35.5. The summed E-state index contributed by atoms with van der Waals surface area (Å²) in [4.78, 5) is 29.5. The summed E-state index contributed by atoms with van der Waals surface area (Å²) in [5.41, 5.74) is 1.27. The Morgan fingerprint density at radius 3 is 2.68 bits per heavy atom. The van der Waals surface area contributed by atoms with Crippen LogP contribution in [0.1, 0.15) is 28.2 Å². The maximum absolute atomic E-state index is 12.9. The summed E-state index contributed by atoms with van der Waals surface area (Å²) >= 11 is 9.25. The zero-order chi connectivity index (χ0) is 19.8. The van der Waals surface area contributed by atoms with Gasteiger partial charge in [-0.15, -0.1) is 22.7 Å². The van der Waals surface area contributed by atoms with Crippen molar-refractivity contribution in [3.8, 4) is 0 Å². The molecule has 1 amide bonds. The van der Waals surface area contributed by atoms with Crippen LogP contribution in [0.15, 0.2) is 18.5 Å². The zero-order valence-electron chi connectivity index (χ0n) is 16.2. The van der Waals surface area contributed by atoms with E-state index in [9.17, 15) is 4.79 Å². The number of piperidine rings is 1. The number of aryl methyl sites for hydroxylation is 2. The molecule has 8 heteroatoms. The summed E-state index contributed by atoms with van der Waals surface area (Å²) < 4.78 is 0.763. The quantitative estimate of drug-likeness (QED) is 0.586. The van der Waals surface area contributed by atoms with Crippen molar-refractivity contribution in [2.45, 2.75) is 33.2 Å². The number of aromatic nitrogens is 2. The molecule has 1 aliphatic heterocycles. The van der Waals surface area contributed by atoms with E-state index >= 15 is 0 Å². The smallest absolute Gasteiger partial charge is 0.225 e. The number of nitrogens with zero attached hydrogens (tertiary/aromatic N) is 4. The van der Waals surface area contributed by atoms with Gasteiger partial charge in [-0.2, -0.15) is 0 Å². The number of carbonyl (C=O) groups is 1. The second-order valence-corrected chi connectivity index (χ2v) is 10.3. The summed E-state index contributed by atoms with van der Waals surface area (Å²) in [5.74, 6) is 1.30. The van der Waals surface area contributed by atoms with Crippen molar-refractivity contribution in [1.29, 1.82) is 0 Å². The third-order valence-electron chi connectivity index (χ3n) is 5.49. The Morgan fingerprint density at radius 2 is 2.00 bits per heavy atom. The summed E-state index contributed by atoms with van der Waals surface area (Å²) in [6.07, 6.45) is 3.36. The molecule has 3 aromatic heterocycles. The maximum Gasteiger partial charge on any atom is 0.225 e. The van der Waals surface area contributed by atoms with Crippen LogP contribution in [-0.4, -0.2) is 40.9 Å². The van der Waals surface area contributed by atoms with Crippen LogP contribution >= 0.6 is 34.3 Å². The molecule has 1 fully saturated rings. The predicted octanol–water partition coefficient (Wildman–Crippen LogP) is 4.90. The van der Waals surface area contributed by atoms with Crippen molar-refractivity contribution >= 4 is 56.2 Å². The highest BCUT2D eigenvalue weighted by molar-refractivity contribution is 7.18. The standard InChI is InChI=1S/C20H23ClN4OS2/c1-12-13(2)27-19-17(12)18(22-11-23-19)25-8-6-14(7-9-25)20(26)24(3)10-15-4-5-16(21)28-15/h4-5,11,14H,6-10H2,1-3H3. The minimum Gasteiger partial charge on any atom is -0.356 e. The Kier molecular flexibility index (Phi) is 5.58. The van der Waals surface area contributed by atoms with Gasteiger partial charge < -0.3 is 9.80 Å². The van der Waals surface area contributed by atoms with Gasteiger partial charge in [0.05, 0.1) is 16.3 Å². The molecule has 3 aromatic rings. The molecule has 0 saturated carbocycles. The summed E-state index contributed by atoms with van der Waals surface area (Å²) in [6.45, 7) is 6.58. The lowest BCUT2D eigenvalue weighted by molar-refractivity contribution is -0.135. The van der Waals surface area contributed by atoms with Gasteiger partial charge >= 0.3 is 0 Å². The minimum absolute atomic E-state index is 0.0688. The van der Waals surface area contributed by atoms with E-state index in [1.54, 1.807) is 17.7 Å². The van der Waals surface area contributed by atoms with Gasteiger partial charge in [-0.05, 0) is 44.4 Å². The number of carbonyl (C=O) groups excluding carboxylic acids is 1. The Bertz CT molecular complexity index is 1010. The molecule has 4 heterocycles. The van der Waals surface area contributed by atoms with Gasteiger partial charge in [0.1, 0.15) is 17.0 Å². The first-order valence-corrected chi connectivity index (χ1v) is 11.4. The predicted molar refractivity (Wildman–Crippen MR) is 118 cm³/mol. The molecule has 0 spiro atoms. The number of hydrogen-bond donors (Lipinski definition) is 0. The molecular weight excluding hydrogens is 412 g/mol. The largest absolute Gasteiger partial charge is 0.356 e. The SMILES string of the molecule is Cc1sc2ncnc(N3CCC(C(=O)N(C)Cc4ccc(Cl)s4)CC3)c2c1C. The van der Waals surface area contributed by atoms with Crippen LogP contribution in [0.25, 0.3) is 10.2 Å². The highest BCUT2D eigenvalue weighted by Gasteiger charge is 2.29. The normalized spacial score (nSPS) is 15.4. The Morgan fingerprint density at radius 1 is 1.25 bits per heavy atom. The lowest BCUT2D eigenvalue weighted by atomic mass is 9.95. The number of anilines is 1. The average Bonchev–Trinajstić information content (AvgIpc) is 3.23. The molecule has 1 aliphatic rings. The lowest BCUT2D eigenvalue weighted by Gasteiger charge is -2.34. The van der Waals surface area contributed by atoms with E-state index in [1.165, 1.54) is 27.2 Å². The van der Waals surface area contributed by atoms with Crippen LogP contribution in [-0.2, 0) is 11.3 Å². The van der Waals surface area contributed by atoms with Gasteiger partial charge in [0.2, 0.25) is 5.91 Å². The average molecular weight is 435 g/mol. The summed E-state index contributed by atoms with van der Waals surface area (Å²) in [5, 5.41) is 1.17. The van der Waals surface area contributed by atoms with Gasteiger partial charge in [-0.1, -0.05) is 11.6 Å². The Balaban J connectivity index is 1.43. The van der Waals surface area contributed by atoms with Gasteiger partial charge in [0.25, 0.3) is 0 Å². The van der Waals surface area contributed by atoms with Gasteiger partial charge in [0.15, 0.2) is 0 Å². The monoisotopic (exact) mass is 434 g/mol. The first-order chi connectivity index (χ1) is 13.4. The van der Waals surface area contributed by atoms with Crippen molar-refractivity contribution in [3.63, 3.8) is 0 Å². The molecule has 28 heavy (non-hydrogen) atoms. The van der Waals surface area contributed by atoms with Crippen molar-refractivity contribution in [2.24, 2.45) is 5.92 Å². The molecule has 1 saturated heterocycles. The number of fused-ring (bicyclic) bond motifs is 1. The number of thiophene rings is 2. The number of halogens is 1. The third kappa shape index (κ3) is 3.75. The van der Waals surface area contributed by atoms with Gasteiger partial charge in [-0.3, -0.25) is 4.79 Å². The molecular formula is C20H23ClN4OS2. The van der Waals surface area contributed by atoms with Crippen LogP contribution in [0.3, 0.4) is 0 Å². The fraction of sp³-hybridized carbons (Fsp3) is 0.450. The van der Waals surface area contributed by atoms with Crippen molar-refractivity contribution in [3.05, 3.63) is 38.1 Å². The maximum atomic E-state index is 12.9. The zero-order valence-corrected chi connectivity index (χ0v) is 18.6. The lowest BCUT2D eigenvalue weighted by Crippen LogP contribution is -2.41. The van der Waals surface area contributed by atoms with Crippen molar-refractivity contribution < 1.29 is 4.79 Å². The topological polar surface area (TPSA) is 49.3 Å². The molecule has 0 aliphatic carbocycles. The van der Waals surface area contributed by atoms with Crippen LogP contribution in [0.2, 0.25) is 4.34 Å². The summed E-state index contributed by atoms with van der Waals surface area (Å²) in [6, 6.07) is 3.87. The second kappa shape index (κ2) is 7.97. The summed E-state index contributed by atoms with van der Waals surface area (Å²) in [7, 11) is 1.88. The number of amides is 1. The fourth-order valence-corrected chi connectivity index (χ4v) is 5.93. The fourth-order valence-electron chi connectivity index (χ4n) is 3.80. The van der Waals surface area contributed by atoms with E-state index in [2.05, 4.69) is 28.7 Å². The first-order valence-electron chi connectivity index (χ1n) is 9.39. The molecule has 0 aromatic carbocycles. The van der Waals surface area contributed by atoms with Crippen molar-refractivity contribution in [2.75, 3.05) is 25.0 Å². The minimum atomic E-state index is 0.0688. The molecule has 0 atom stereocenters. The number of rotatable bonds is 4. The van der Waals surface area contributed by atoms with E-state index in [0.717, 1.165) is 45.8 Å². The highest BCUT2D eigenvalue weighted by Crippen LogP contribution is 2.35. The molecule has 148 valence electrons. The van der Waals surface area contributed by atoms with E-state index in [4.69, 9.17) is 11.6 Å². The third-order valence-corrected chi connectivity index (χ3v) is 7.82. The molecule has 4 rings (SSSR count). The second-order valence-electron chi connectivity index (χ2n) is 7.32. The number of hydrogen-bond acceptors (Lipinski definition) is 6. The molecule has 0 unspecified atom stereocenters. The molecule has 5 nitrogen and oxygen atoms in total. The van der Waals surface area contributed by atoms with E-state index in [-0.39, 0.29) is 11.8 Å². The van der Waals surface area contributed by atoms with E-state index in [0.29, 0.717) is 6.54 Å². The Hall–Kier alpha value is -1.70. The van der Waals surface area contributed by atoms with Crippen LogP contribution in [0.4, 0.5) is 5.82 Å². The molecule has 0 N–H and O–H groups in total.